The van der Waals surface area contributed by atoms with E-state index in [4.69, 9.17) is 0 Å². The van der Waals surface area contributed by atoms with Crippen molar-refractivity contribution in [3.8, 4) is 5.75 Å². The summed E-state index contributed by atoms with van der Waals surface area (Å²) in [5.41, 5.74) is 2.11. The number of amides is 1. The van der Waals surface area contributed by atoms with Crippen LogP contribution in [0.4, 0.5) is 11.4 Å². The van der Waals surface area contributed by atoms with Crippen molar-refractivity contribution in [1.82, 2.24) is 4.98 Å². The molecule has 3 rings (SSSR count). The Hall–Kier alpha value is -2.56. The van der Waals surface area contributed by atoms with E-state index in [1.54, 1.807) is 0 Å². The average Bonchev–Trinajstić information content (AvgIpc) is 2.57. The summed E-state index contributed by atoms with van der Waals surface area (Å²) in [7, 11) is 0. The van der Waals surface area contributed by atoms with Crippen molar-refractivity contribution in [3.05, 3.63) is 48.3 Å². The van der Waals surface area contributed by atoms with E-state index in [1.807, 2.05) is 24.3 Å². The summed E-state index contributed by atoms with van der Waals surface area (Å²) < 4.78 is 0. The number of nitrogens with zero attached hydrogens (tertiary/aromatic N) is 2. The van der Waals surface area contributed by atoms with E-state index in [0.717, 1.165) is 13.1 Å². The normalized spacial score (nSPS) is 14.6. The zero-order valence-electron chi connectivity index (χ0n) is 12.3. The minimum absolute atomic E-state index is 0.120. The quantitative estimate of drug-likeness (QED) is 0.914. The number of benzene rings is 1. The highest BCUT2D eigenvalue weighted by Gasteiger charge is 2.13. The summed E-state index contributed by atoms with van der Waals surface area (Å²) in [6, 6.07) is 9.31. The van der Waals surface area contributed by atoms with Crippen molar-refractivity contribution in [1.29, 1.82) is 0 Å². The molecule has 0 spiro atoms. The molecule has 114 valence electrons. The molecule has 2 heterocycles. The molecule has 1 aliphatic heterocycles. The number of aromatic hydroxyl groups is 1. The molecule has 0 radical (unpaired) electrons. The van der Waals surface area contributed by atoms with Crippen LogP contribution in [0.25, 0.3) is 0 Å². The van der Waals surface area contributed by atoms with Crippen LogP contribution in [0.5, 0.6) is 5.75 Å². The van der Waals surface area contributed by atoms with E-state index >= 15 is 0 Å². The molecule has 0 aliphatic carbocycles. The molecule has 1 saturated heterocycles. The molecule has 5 heteroatoms. The maximum absolute atomic E-state index is 12.1. The Kier molecular flexibility index (Phi) is 4.23. The Morgan fingerprint density at radius 2 is 1.82 bits per heavy atom. The third-order valence-electron chi connectivity index (χ3n) is 3.89. The van der Waals surface area contributed by atoms with Gasteiger partial charge in [-0.2, -0.15) is 0 Å². The number of carbonyl (C=O) groups is 1. The summed E-state index contributed by atoms with van der Waals surface area (Å²) in [6.45, 7) is 2.19. The van der Waals surface area contributed by atoms with Crippen LogP contribution in [0.1, 0.15) is 29.6 Å². The van der Waals surface area contributed by atoms with Crippen LogP contribution in [0.2, 0.25) is 0 Å². The molecular weight excluding hydrogens is 278 g/mol. The Morgan fingerprint density at radius 1 is 1.09 bits per heavy atom. The molecule has 1 fully saturated rings. The number of anilines is 2. The van der Waals surface area contributed by atoms with E-state index < -0.39 is 0 Å². The molecule has 1 aliphatic rings. The second-order valence-electron chi connectivity index (χ2n) is 5.44. The molecule has 22 heavy (non-hydrogen) atoms. The van der Waals surface area contributed by atoms with Gasteiger partial charge in [-0.1, -0.05) is 0 Å². The Morgan fingerprint density at radius 3 is 2.50 bits per heavy atom. The monoisotopic (exact) mass is 297 g/mol. The molecule has 1 amide bonds. The van der Waals surface area contributed by atoms with Crippen LogP contribution in [-0.2, 0) is 0 Å². The van der Waals surface area contributed by atoms with Gasteiger partial charge in [0.15, 0.2) is 0 Å². The Labute approximate surface area is 129 Å². The lowest BCUT2D eigenvalue weighted by molar-refractivity contribution is 0.102. The lowest BCUT2D eigenvalue weighted by atomic mass is 10.1. The topological polar surface area (TPSA) is 65.5 Å². The lowest BCUT2D eigenvalue weighted by Gasteiger charge is -2.28. The van der Waals surface area contributed by atoms with Gasteiger partial charge in [-0.25, -0.2) is 0 Å². The number of aromatic nitrogens is 1. The van der Waals surface area contributed by atoms with Gasteiger partial charge in [-0.3, -0.25) is 9.78 Å². The molecule has 1 aromatic carbocycles. The number of rotatable bonds is 3. The third kappa shape index (κ3) is 3.19. The number of nitrogens with one attached hydrogen (secondary N) is 1. The van der Waals surface area contributed by atoms with E-state index in [9.17, 15) is 9.90 Å². The van der Waals surface area contributed by atoms with Crippen LogP contribution in [0, 0.1) is 0 Å². The van der Waals surface area contributed by atoms with Crippen LogP contribution in [0.3, 0.4) is 0 Å². The summed E-state index contributed by atoms with van der Waals surface area (Å²) in [5.74, 6) is -0.462. The lowest BCUT2D eigenvalue weighted by Crippen LogP contribution is -2.29. The maximum Gasteiger partial charge on any atom is 0.259 e. The third-order valence-corrected chi connectivity index (χ3v) is 3.89. The summed E-state index contributed by atoms with van der Waals surface area (Å²) in [5, 5.41) is 12.4. The second kappa shape index (κ2) is 6.47. The van der Waals surface area contributed by atoms with Crippen LogP contribution >= 0.6 is 0 Å². The number of hydrogen-bond donors (Lipinski definition) is 2. The molecule has 2 N–H and O–H groups in total. The maximum atomic E-state index is 12.1. The van der Waals surface area contributed by atoms with Crippen LogP contribution in [0.15, 0.2) is 42.7 Å². The zero-order chi connectivity index (χ0) is 15.4. The van der Waals surface area contributed by atoms with E-state index in [-0.39, 0.29) is 17.2 Å². The zero-order valence-corrected chi connectivity index (χ0v) is 12.3. The van der Waals surface area contributed by atoms with Crippen LogP contribution in [-0.4, -0.2) is 29.1 Å². The van der Waals surface area contributed by atoms with Gasteiger partial charge in [0.1, 0.15) is 5.75 Å². The molecule has 0 bridgehead atoms. The molecule has 5 nitrogen and oxygen atoms in total. The Balaban J connectivity index is 1.68. The highest BCUT2D eigenvalue weighted by molar-refractivity contribution is 6.06. The Bertz CT molecular complexity index is 649. The SMILES string of the molecule is O=C(Nc1ccc(N2CCCCC2)cc1)c1ccncc1O. The number of piperidine rings is 1. The predicted molar refractivity (Wildman–Crippen MR) is 86.4 cm³/mol. The van der Waals surface area contributed by atoms with Gasteiger partial charge in [0.2, 0.25) is 0 Å². The van der Waals surface area contributed by atoms with Crippen molar-refractivity contribution >= 4 is 17.3 Å². The van der Waals surface area contributed by atoms with Gasteiger partial charge in [0.05, 0.1) is 11.8 Å². The van der Waals surface area contributed by atoms with Gasteiger partial charge in [0.25, 0.3) is 5.91 Å². The van der Waals surface area contributed by atoms with Gasteiger partial charge in [0, 0.05) is 30.7 Å². The van der Waals surface area contributed by atoms with Crippen molar-refractivity contribution in [2.45, 2.75) is 19.3 Å². The van der Waals surface area contributed by atoms with Crippen molar-refractivity contribution in [3.63, 3.8) is 0 Å². The average molecular weight is 297 g/mol. The van der Waals surface area contributed by atoms with Gasteiger partial charge in [-0.05, 0) is 49.6 Å². The minimum atomic E-state index is -0.342. The molecule has 0 atom stereocenters. The largest absolute Gasteiger partial charge is 0.505 e. The fraction of sp³-hybridized carbons (Fsp3) is 0.294. The highest BCUT2D eigenvalue weighted by atomic mass is 16.3. The second-order valence-corrected chi connectivity index (χ2v) is 5.44. The standard InChI is InChI=1S/C17H19N3O2/c21-16-12-18-9-8-15(16)17(22)19-13-4-6-14(7-5-13)20-10-2-1-3-11-20/h4-9,12,21H,1-3,10-11H2,(H,19,22). The first-order valence-corrected chi connectivity index (χ1v) is 7.53. The van der Waals surface area contributed by atoms with E-state index in [2.05, 4.69) is 15.2 Å². The van der Waals surface area contributed by atoms with E-state index in [1.165, 1.54) is 43.4 Å². The first-order chi connectivity index (χ1) is 10.7. The first-order valence-electron chi connectivity index (χ1n) is 7.53. The molecular formula is C17H19N3O2. The number of hydrogen-bond acceptors (Lipinski definition) is 4. The van der Waals surface area contributed by atoms with Crippen LogP contribution < -0.4 is 10.2 Å². The fourth-order valence-electron chi connectivity index (χ4n) is 2.68. The van der Waals surface area contributed by atoms with Gasteiger partial charge < -0.3 is 15.3 Å². The molecule has 1 aromatic heterocycles. The smallest absolute Gasteiger partial charge is 0.259 e. The van der Waals surface area contributed by atoms with Crippen molar-refractivity contribution < 1.29 is 9.90 Å². The molecule has 0 saturated carbocycles. The number of pyridine rings is 1. The first kappa shape index (κ1) is 14.4. The minimum Gasteiger partial charge on any atom is -0.505 e. The van der Waals surface area contributed by atoms with Gasteiger partial charge >= 0.3 is 0 Å². The summed E-state index contributed by atoms with van der Waals surface area (Å²) in [4.78, 5) is 18.2. The molecule has 2 aromatic rings. The fourth-order valence-corrected chi connectivity index (χ4v) is 2.68. The summed E-state index contributed by atoms with van der Waals surface area (Å²) in [6.07, 6.45) is 6.52. The predicted octanol–water partition coefficient (Wildman–Crippen LogP) is 3.03. The highest BCUT2D eigenvalue weighted by Crippen LogP contribution is 2.22. The van der Waals surface area contributed by atoms with E-state index in [0.29, 0.717) is 5.69 Å². The summed E-state index contributed by atoms with van der Waals surface area (Å²) >= 11 is 0. The van der Waals surface area contributed by atoms with Gasteiger partial charge in [-0.15, -0.1) is 0 Å². The van der Waals surface area contributed by atoms with Crippen molar-refractivity contribution in [2.24, 2.45) is 0 Å². The van der Waals surface area contributed by atoms with Crippen molar-refractivity contribution in [2.75, 3.05) is 23.3 Å². The molecule has 0 unspecified atom stereocenters. The number of carbonyl (C=O) groups excluding carboxylic acids is 1.